The van der Waals surface area contributed by atoms with Crippen LogP contribution in [0.15, 0.2) is 0 Å². The first-order valence-corrected chi connectivity index (χ1v) is 4.57. The summed E-state index contributed by atoms with van der Waals surface area (Å²) in [5, 5.41) is 11.4. The van der Waals surface area contributed by atoms with Crippen LogP contribution in [0.4, 0.5) is 0 Å². The van der Waals surface area contributed by atoms with E-state index in [9.17, 15) is 4.79 Å². The Labute approximate surface area is 78.5 Å². The predicted molar refractivity (Wildman–Crippen MR) is 48.9 cm³/mol. The number of nitrogens with one attached hydrogen (secondary N) is 1. The normalized spacial score (nSPS) is 25.2. The molecule has 1 aliphatic rings. The van der Waals surface area contributed by atoms with Crippen LogP contribution >= 0.6 is 0 Å². The number of rotatable bonds is 2. The van der Waals surface area contributed by atoms with Crippen molar-refractivity contribution in [3.63, 3.8) is 0 Å². The van der Waals surface area contributed by atoms with E-state index in [1.807, 2.05) is 11.8 Å². The lowest BCUT2D eigenvalue weighted by molar-refractivity contribution is -0.125. The molecule has 1 rings (SSSR count). The smallest absolute Gasteiger partial charge is 0.236 e. The highest BCUT2D eigenvalue weighted by atomic mass is 16.2. The van der Waals surface area contributed by atoms with Crippen LogP contribution < -0.4 is 5.32 Å². The fraction of sp³-hybridized carbons (Fsp3) is 0.778. The van der Waals surface area contributed by atoms with E-state index in [1.165, 1.54) is 0 Å². The van der Waals surface area contributed by atoms with E-state index >= 15 is 0 Å². The molecular weight excluding hydrogens is 166 g/mol. The molecule has 4 nitrogen and oxygen atoms in total. The number of nitriles is 1. The molecule has 1 aliphatic heterocycles. The largest absolute Gasteiger partial charge is 0.358 e. The number of amides is 1. The van der Waals surface area contributed by atoms with Crippen molar-refractivity contribution < 1.29 is 4.79 Å². The maximum absolute atomic E-state index is 11.3. The van der Waals surface area contributed by atoms with Gasteiger partial charge in [-0.1, -0.05) is 0 Å². The van der Waals surface area contributed by atoms with Crippen molar-refractivity contribution in [3.8, 4) is 6.07 Å². The minimum absolute atomic E-state index is 0.0119. The van der Waals surface area contributed by atoms with Gasteiger partial charge in [0.2, 0.25) is 5.91 Å². The SMILES string of the molecule is CNC(=O)C(C)N1CCCC1C#N. The van der Waals surface area contributed by atoms with Gasteiger partial charge in [0.25, 0.3) is 0 Å². The van der Waals surface area contributed by atoms with Gasteiger partial charge in [-0.05, 0) is 19.8 Å². The molecular formula is C9H15N3O. The van der Waals surface area contributed by atoms with Crippen LogP contribution in [0.5, 0.6) is 0 Å². The molecule has 0 radical (unpaired) electrons. The Morgan fingerprint density at radius 3 is 3.00 bits per heavy atom. The third-order valence-corrected chi connectivity index (χ3v) is 2.57. The van der Waals surface area contributed by atoms with E-state index in [1.54, 1.807) is 7.05 Å². The highest BCUT2D eigenvalue weighted by Gasteiger charge is 2.31. The lowest BCUT2D eigenvalue weighted by atomic mass is 10.2. The van der Waals surface area contributed by atoms with Gasteiger partial charge < -0.3 is 5.32 Å². The van der Waals surface area contributed by atoms with Crippen LogP contribution in [0.2, 0.25) is 0 Å². The Morgan fingerprint density at radius 2 is 2.46 bits per heavy atom. The molecule has 1 amide bonds. The molecule has 72 valence electrons. The molecule has 0 aromatic rings. The molecule has 13 heavy (non-hydrogen) atoms. The molecule has 0 aliphatic carbocycles. The lowest BCUT2D eigenvalue weighted by Crippen LogP contribution is -2.45. The van der Waals surface area contributed by atoms with Crippen molar-refractivity contribution in [1.29, 1.82) is 5.26 Å². The van der Waals surface area contributed by atoms with Crippen molar-refractivity contribution in [2.75, 3.05) is 13.6 Å². The Hall–Kier alpha value is -1.08. The summed E-state index contributed by atoms with van der Waals surface area (Å²) < 4.78 is 0. The minimum Gasteiger partial charge on any atom is -0.358 e. The van der Waals surface area contributed by atoms with Gasteiger partial charge in [-0.3, -0.25) is 9.69 Å². The predicted octanol–water partition coefficient (Wildman–Crippen LogP) is 0.109. The molecule has 0 aromatic carbocycles. The first-order chi connectivity index (χ1) is 6.20. The Bertz CT molecular complexity index is 234. The molecule has 0 spiro atoms. The number of hydrogen-bond donors (Lipinski definition) is 1. The number of likely N-dealkylation sites (N-methyl/N-ethyl adjacent to an activating group) is 1. The lowest BCUT2D eigenvalue weighted by Gasteiger charge is -2.25. The third-order valence-electron chi connectivity index (χ3n) is 2.57. The molecule has 0 saturated carbocycles. The summed E-state index contributed by atoms with van der Waals surface area (Å²) in [7, 11) is 1.62. The summed E-state index contributed by atoms with van der Waals surface area (Å²) in [6.45, 7) is 2.70. The molecule has 0 bridgehead atoms. The average molecular weight is 181 g/mol. The number of nitrogens with zero attached hydrogens (tertiary/aromatic N) is 2. The van der Waals surface area contributed by atoms with Crippen LogP contribution in [0, 0.1) is 11.3 Å². The summed E-state index contributed by atoms with van der Waals surface area (Å²) >= 11 is 0. The van der Waals surface area contributed by atoms with Crippen LogP contribution in [-0.4, -0.2) is 36.5 Å². The molecule has 2 atom stereocenters. The van der Waals surface area contributed by atoms with Crippen LogP contribution in [0.3, 0.4) is 0 Å². The number of likely N-dealkylation sites (tertiary alicyclic amines) is 1. The van der Waals surface area contributed by atoms with Crippen molar-refractivity contribution >= 4 is 5.91 Å². The second-order valence-corrected chi connectivity index (χ2v) is 3.32. The third kappa shape index (κ3) is 1.99. The van der Waals surface area contributed by atoms with Crippen molar-refractivity contribution in [3.05, 3.63) is 0 Å². The van der Waals surface area contributed by atoms with Gasteiger partial charge >= 0.3 is 0 Å². The first kappa shape index (κ1) is 10.0. The van der Waals surface area contributed by atoms with Crippen LogP contribution in [0.25, 0.3) is 0 Å². The van der Waals surface area contributed by atoms with Gasteiger partial charge in [0, 0.05) is 13.6 Å². The summed E-state index contributed by atoms with van der Waals surface area (Å²) in [5.41, 5.74) is 0. The van der Waals surface area contributed by atoms with Crippen molar-refractivity contribution in [1.82, 2.24) is 10.2 Å². The monoisotopic (exact) mass is 181 g/mol. The standard InChI is InChI=1S/C9H15N3O/c1-7(9(13)11-2)12-5-3-4-8(12)6-10/h7-8H,3-5H2,1-2H3,(H,11,13). The summed E-state index contributed by atoms with van der Waals surface area (Å²) in [4.78, 5) is 13.3. The van der Waals surface area contributed by atoms with Crippen LogP contribution in [0.1, 0.15) is 19.8 Å². The molecule has 1 saturated heterocycles. The van der Waals surface area contributed by atoms with Gasteiger partial charge in [-0.25, -0.2) is 0 Å². The molecule has 1 heterocycles. The Balaban J connectivity index is 2.61. The van der Waals surface area contributed by atoms with E-state index in [0.717, 1.165) is 19.4 Å². The van der Waals surface area contributed by atoms with Gasteiger partial charge in [0.1, 0.15) is 0 Å². The summed E-state index contributed by atoms with van der Waals surface area (Å²) in [5.74, 6) is -0.0119. The Morgan fingerprint density at radius 1 is 1.77 bits per heavy atom. The zero-order valence-corrected chi connectivity index (χ0v) is 8.08. The Kier molecular flexibility index (Phi) is 3.26. The molecule has 2 unspecified atom stereocenters. The molecule has 1 fully saturated rings. The minimum atomic E-state index is -0.183. The summed E-state index contributed by atoms with van der Waals surface area (Å²) in [6.07, 6.45) is 1.90. The zero-order chi connectivity index (χ0) is 9.84. The van der Waals surface area contributed by atoms with E-state index in [0.29, 0.717) is 0 Å². The maximum Gasteiger partial charge on any atom is 0.236 e. The number of carbonyl (C=O) groups is 1. The first-order valence-electron chi connectivity index (χ1n) is 4.57. The second kappa shape index (κ2) is 4.24. The van der Waals surface area contributed by atoms with Crippen molar-refractivity contribution in [2.24, 2.45) is 0 Å². The number of carbonyl (C=O) groups excluding carboxylic acids is 1. The fourth-order valence-electron chi connectivity index (χ4n) is 1.75. The maximum atomic E-state index is 11.3. The zero-order valence-electron chi connectivity index (χ0n) is 8.08. The van der Waals surface area contributed by atoms with Crippen molar-refractivity contribution in [2.45, 2.75) is 31.8 Å². The van der Waals surface area contributed by atoms with Gasteiger partial charge in [0.15, 0.2) is 0 Å². The van der Waals surface area contributed by atoms with Crippen LogP contribution in [-0.2, 0) is 4.79 Å². The fourth-order valence-corrected chi connectivity index (χ4v) is 1.75. The topological polar surface area (TPSA) is 56.1 Å². The second-order valence-electron chi connectivity index (χ2n) is 3.32. The summed E-state index contributed by atoms with van der Waals surface area (Å²) in [6, 6.07) is 1.96. The molecule has 1 N–H and O–H groups in total. The van der Waals surface area contributed by atoms with E-state index < -0.39 is 0 Å². The molecule has 0 aromatic heterocycles. The quantitative estimate of drug-likeness (QED) is 0.657. The number of hydrogen-bond acceptors (Lipinski definition) is 3. The highest BCUT2D eigenvalue weighted by molar-refractivity contribution is 5.81. The van der Waals surface area contributed by atoms with Gasteiger partial charge in [-0.2, -0.15) is 5.26 Å². The van der Waals surface area contributed by atoms with Gasteiger partial charge in [-0.15, -0.1) is 0 Å². The van der Waals surface area contributed by atoms with Gasteiger partial charge in [0.05, 0.1) is 18.2 Å². The molecule has 4 heteroatoms. The average Bonchev–Trinajstić information content (AvgIpc) is 2.62. The van der Waals surface area contributed by atoms with E-state index in [-0.39, 0.29) is 18.0 Å². The van der Waals surface area contributed by atoms with E-state index in [2.05, 4.69) is 11.4 Å². The van der Waals surface area contributed by atoms with E-state index in [4.69, 9.17) is 5.26 Å². The highest BCUT2D eigenvalue weighted by Crippen LogP contribution is 2.19.